The summed E-state index contributed by atoms with van der Waals surface area (Å²) < 4.78 is 5.58. The van der Waals surface area contributed by atoms with Crippen LogP contribution in [0.2, 0.25) is 0 Å². The summed E-state index contributed by atoms with van der Waals surface area (Å²) in [6.07, 6.45) is 2.84. The van der Waals surface area contributed by atoms with Crippen molar-refractivity contribution in [3.63, 3.8) is 0 Å². The Hall–Kier alpha value is -1.26. The van der Waals surface area contributed by atoms with Crippen molar-refractivity contribution in [3.8, 4) is 5.75 Å². The van der Waals surface area contributed by atoms with Gasteiger partial charge >= 0.3 is 0 Å². The van der Waals surface area contributed by atoms with Crippen molar-refractivity contribution in [2.75, 3.05) is 19.7 Å². The maximum atomic E-state index is 12.1. The Bertz CT molecular complexity index is 461. The average Bonchev–Trinajstić information content (AvgIpc) is 2.83. The molecule has 1 saturated heterocycles. The zero-order chi connectivity index (χ0) is 13.1. The second kappa shape index (κ2) is 6.95. The molecular formula is C15H21ClN2O2. The molecule has 1 aromatic carbocycles. The van der Waals surface area contributed by atoms with E-state index < -0.39 is 0 Å². The Morgan fingerprint density at radius 1 is 1.30 bits per heavy atom. The van der Waals surface area contributed by atoms with Gasteiger partial charge in [0, 0.05) is 12.0 Å². The molecule has 0 saturated carbocycles. The maximum Gasteiger partial charge on any atom is 0.220 e. The maximum absolute atomic E-state index is 12.1. The van der Waals surface area contributed by atoms with Gasteiger partial charge in [-0.25, -0.2) is 0 Å². The molecule has 20 heavy (non-hydrogen) atoms. The molecule has 0 spiro atoms. The monoisotopic (exact) mass is 296 g/mol. The van der Waals surface area contributed by atoms with Crippen molar-refractivity contribution < 1.29 is 9.53 Å². The minimum atomic E-state index is 0. The van der Waals surface area contributed by atoms with Gasteiger partial charge in [0.15, 0.2) is 0 Å². The number of rotatable bonds is 3. The predicted molar refractivity (Wildman–Crippen MR) is 80.3 cm³/mol. The van der Waals surface area contributed by atoms with E-state index >= 15 is 0 Å². The lowest BCUT2D eigenvalue weighted by Gasteiger charge is -2.22. The third-order valence-corrected chi connectivity index (χ3v) is 3.97. The molecule has 2 aliphatic rings. The summed E-state index contributed by atoms with van der Waals surface area (Å²) in [4.78, 5) is 12.1. The highest BCUT2D eigenvalue weighted by Gasteiger charge is 2.26. The average molecular weight is 297 g/mol. The number of fused-ring (bicyclic) bond motifs is 1. The van der Waals surface area contributed by atoms with Gasteiger partial charge in [-0.05, 0) is 37.9 Å². The van der Waals surface area contributed by atoms with E-state index in [0.717, 1.165) is 37.2 Å². The molecular weight excluding hydrogens is 276 g/mol. The number of amides is 1. The highest BCUT2D eigenvalue weighted by Crippen LogP contribution is 2.31. The van der Waals surface area contributed by atoms with Gasteiger partial charge in [-0.15, -0.1) is 12.4 Å². The summed E-state index contributed by atoms with van der Waals surface area (Å²) in [6.45, 7) is 2.62. The summed E-state index contributed by atoms with van der Waals surface area (Å²) in [7, 11) is 0. The smallest absolute Gasteiger partial charge is 0.220 e. The predicted octanol–water partition coefficient (Wildman–Crippen LogP) is 2.05. The second-order valence-corrected chi connectivity index (χ2v) is 5.37. The zero-order valence-corrected chi connectivity index (χ0v) is 12.2. The number of nitrogens with one attached hydrogen (secondary N) is 2. The molecule has 110 valence electrons. The van der Waals surface area contributed by atoms with Crippen LogP contribution in [-0.4, -0.2) is 25.6 Å². The first-order valence-electron chi connectivity index (χ1n) is 7.05. The number of piperidine rings is 1. The topological polar surface area (TPSA) is 50.4 Å². The molecule has 0 bridgehead atoms. The lowest BCUT2D eigenvalue weighted by molar-refractivity contribution is -0.123. The van der Waals surface area contributed by atoms with Crippen molar-refractivity contribution >= 4 is 18.3 Å². The highest BCUT2D eigenvalue weighted by atomic mass is 35.5. The molecule has 2 aliphatic heterocycles. The van der Waals surface area contributed by atoms with Crippen LogP contribution >= 0.6 is 12.4 Å². The van der Waals surface area contributed by atoms with Crippen LogP contribution in [0.5, 0.6) is 5.75 Å². The molecule has 1 unspecified atom stereocenters. The Balaban J connectivity index is 0.00000147. The van der Waals surface area contributed by atoms with Crippen LogP contribution in [0.15, 0.2) is 24.3 Å². The molecule has 2 N–H and O–H groups in total. The molecule has 1 aromatic rings. The second-order valence-electron chi connectivity index (χ2n) is 5.37. The van der Waals surface area contributed by atoms with Crippen LogP contribution < -0.4 is 15.4 Å². The van der Waals surface area contributed by atoms with Crippen molar-refractivity contribution in [1.82, 2.24) is 10.6 Å². The normalized spacial score (nSPS) is 21.5. The van der Waals surface area contributed by atoms with Gasteiger partial charge in [0.1, 0.15) is 12.4 Å². The number of carbonyl (C=O) groups is 1. The van der Waals surface area contributed by atoms with Crippen LogP contribution in [-0.2, 0) is 4.79 Å². The lowest BCUT2D eigenvalue weighted by Crippen LogP contribution is -2.34. The fraction of sp³-hybridized carbons (Fsp3) is 0.533. The fourth-order valence-corrected chi connectivity index (χ4v) is 2.88. The van der Waals surface area contributed by atoms with E-state index in [1.165, 1.54) is 0 Å². The minimum absolute atomic E-state index is 0. The van der Waals surface area contributed by atoms with Gasteiger partial charge in [-0.3, -0.25) is 4.79 Å². The van der Waals surface area contributed by atoms with E-state index in [2.05, 4.69) is 10.6 Å². The number of benzene rings is 1. The molecule has 3 rings (SSSR count). The molecule has 1 fully saturated rings. The molecule has 1 amide bonds. The Labute approximate surface area is 125 Å². The van der Waals surface area contributed by atoms with E-state index in [4.69, 9.17) is 4.74 Å². The number of hydrogen-bond acceptors (Lipinski definition) is 3. The lowest BCUT2D eigenvalue weighted by atomic mass is 9.94. The van der Waals surface area contributed by atoms with Gasteiger partial charge in [0.2, 0.25) is 5.91 Å². The SMILES string of the molecule is Cl.O=C(CC1CCNCC1)NC1COc2ccccc21. The summed E-state index contributed by atoms with van der Waals surface area (Å²) in [5.41, 5.74) is 1.10. The van der Waals surface area contributed by atoms with E-state index in [-0.39, 0.29) is 24.4 Å². The van der Waals surface area contributed by atoms with Crippen LogP contribution in [0.25, 0.3) is 0 Å². The van der Waals surface area contributed by atoms with Crippen molar-refractivity contribution in [2.24, 2.45) is 5.92 Å². The van der Waals surface area contributed by atoms with Crippen molar-refractivity contribution in [1.29, 1.82) is 0 Å². The number of carbonyl (C=O) groups excluding carboxylic acids is 1. The first kappa shape index (κ1) is 15.1. The van der Waals surface area contributed by atoms with E-state index in [1.807, 2.05) is 24.3 Å². The summed E-state index contributed by atoms with van der Waals surface area (Å²) in [5, 5.41) is 6.42. The van der Waals surface area contributed by atoms with Crippen LogP contribution in [0.3, 0.4) is 0 Å². The van der Waals surface area contributed by atoms with Gasteiger partial charge in [-0.1, -0.05) is 18.2 Å². The standard InChI is InChI=1S/C15H20N2O2.ClH/c18-15(9-11-5-7-16-8-6-11)17-13-10-19-14-4-2-1-3-12(13)14;/h1-4,11,13,16H,5-10H2,(H,17,18);1H. The zero-order valence-electron chi connectivity index (χ0n) is 11.4. The van der Waals surface area contributed by atoms with E-state index in [9.17, 15) is 4.79 Å². The Morgan fingerprint density at radius 3 is 2.85 bits per heavy atom. The van der Waals surface area contributed by atoms with Gasteiger partial charge in [0.25, 0.3) is 0 Å². The van der Waals surface area contributed by atoms with Crippen LogP contribution in [0.4, 0.5) is 0 Å². The van der Waals surface area contributed by atoms with Crippen molar-refractivity contribution in [3.05, 3.63) is 29.8 Å². The summed E-state index contributed by atoms with van der Waals surface area (Å²) in [6, 6.07) is 7.94. The Kier molecular flexibility index (Phi) is 5.26. The van der Waals surface area contributed by atoms with Gasteiger partial charge in [-0.2, -0.15) is 0 Å². The Morgan fingerprint density at radius 2 is 2.05 bits per heavy atom. The molecule has 2 heterocycles. The van der Waals surface area contributed by atoms with Crippen LogP contribution in [0.1, 0.15) is 30.9 Å². The first-order valence-corrected chi connectivity index (χ1v) is 7.05. The van der Waals surface area contributed by atoms with E-state index in [1.54, 1.807) is 0 Å². The summed E-state index contributed by atoms with van der Waals surface area (Å²) >= 11 is 0. The largest absolute Gasteiger partial charge is 0.491 e. The number of para-hydroxylation sites is 1. The molecule has 0 radical (unpaired) electrons. The molecule has 0 aliphatic carbocycles. The van der Waals surface area contributed by atoms with E-state index in [0.29, 0.717) is 18.9 Å². The summed E-state index contributed by atoms with van der Waals surface area (Å²) in [5.74, 6) is 1.57. The fourth-order valence-electron chi connectivity index (χ4n) is 2.88. The number of hydrogen-bond donors (Lipinski definition) is 2. The van der Waals surface area contributed by atoms with Crippen LogP contribution in [0, 0.1) is 5.92 Å². The minimum Gasteiger partial charge on any atom is -0.491 e. The number of halogens is 1. The van der Waals surface area contributed by atoms with Gasteiger partial charge in [0.05, 0.1) is 6.04 Å². The van der Waals surface area contributed by atoms with Crippen molar-refractivity contribution in [2.45, 2.75) is 25.3 Å². The molecule has 1 atom stereocenters. The van der Waals surface area contributed by atoms with Gasteiger partial charge < -0.3 is 15.4 Å². The number of ether oxygens (including phenoxy) is 1. The molecule has 5 heteroatoms. The first-order chi connectivity index (χ1) is 9.33. The quantitative estimate of drug-likeness (QED) is 0.897. The third-order valence-electron chi connectivity index (χ3n) is 3.97. The molecule has 4 nitrogen and oxygen atoms in total. The third kappa shape index (κ3) is 3.44. The molecule has 0 aromatic heterocycles. The highest BCUT2D eigenvalue weighted by molar-refractivity contribution is 5.85.